The van der Waals surface area contributed by atoms with Gasteiger partial charge in [-0.05, 0) is 18.1 Å². The molecule has 0 radical (unpaired) electrons. The molecule has 108 valence electrons. The fourth-order valence-corrected chi connectivity index (χ4v) is 3.43. The van der Waals surface area contributed by atoms with Crippen molar-refractivity contribution in [2.75, 3.05) is 11.5 Å². The van der Waals surface area contributed by atoms with Crippen LogP contribution in [0.4, 0.5) is 10.2 Å². The lowest BCUT2D eigenvalue weighted by molar-refractivity contribution is 0.0930. The minimum Gasteiger partial charge on any atom is -0.382 e. The number of hydrogen-bond acceptors (Lipinski definition) is 5. The third-order valence-corrected chi connectivity index (χ3v) is 4.43. The van der Waals surface area contributed by atoms with Crippen LogP contribution < -0.4 is 11.1 Å². The molecule has 2 heterocycles. The second-order valence-electron chi connectivity index (χ2n) is 4.61. The number of anilines is 1. The normalized spacial score (nSPS) is 17.1. The molecule has 1 atom stereocenters. The summed E-state index contributed by atoms with van der Waals surface area (Å²) >= 11 is 1.47. The SMILES string of the molecule is Nc1nccnc1C(=O)N[C@@H]1CCSc2c(F)cccc21. The zero-order chi connectivity index (χ0) is 14.8. The van der Waals surface area contributed by atoms with Crippen molar-refractivity contribution < 1.29 is 9.18 Å². The number of nitrogens with two attached hydrogens (primary N) is 1. The molecule has 1 aliphatic rings. The highest BCUT2D eigenvalue weighted by atomic mass is 32.2. The van der Waals surface area contributed by atoms with Crippen molar-refractivity contribution in [1.82, 2.24) is 15.3 Å². The van der Waals surface area contributed by atoms with Crippen molar-refractivity contribution in [2.24, 2.45) is 0 Å². The number of halogens is 1. The Kier molecular flexibility index (Phi) is 3.74. The second kappa shape index (κ2) is 5.69. The van der Waals surface area contributed by atoms with E-state index in [9.17, 15) is 9.18 Å². The molecule has 7 heteroatoms. The predicted molar refractivity (Wildman–Crippen MR) is 78.4 cm³/mol. The van der Waals surface area contributed by atoms with Crippen LogP contribution in [0.1, 0.15) is 28.5 Å². The van der Waals surface area contributed by atoms with E-state index in [-0.39, 0.29) is 23.4 Å². The van der Waals surface area contributed by atoms with Gasteiger partial charge in [-0.1, -0.05) is 12.1 Å². The largest absolute Gasteiger partial charge is 0.382 e. The van der Waals surface area contributed by atoms with E-state index in [2.05, 4.69) is 15.3 Å². The van der Waals surface area contributed by atoms with Crippen LogP contribution in [0.25, 0.3) is 0 Å². The summed E-state index contributed by atoms with van der Waals surface area (Å²) in [6, 6.07) is 4.66. The van der Waals surface area contributed by atoms with E-state index in [0.29, 0.717) is 4.90 Å². The summed E-state index contributed by atoms with van der Waals surface area (Å²) in [4.78, 5) is 20.6. The summed E-state index contributed by atoms with van der Waals surface area (Å²) in [5.41, 5.74) is 6.53. The molecule has 21 heavy (non-hydrogen) atoms. The number of nitrogens with zero attached hydrogens (tertiary/aromatic N) is 2. The van der Waals surface area contributed by atoms with Crippen molar-refractivity contribution in [2.45, 2.75) is 17.4 Å². The number of nitrogen functional groups attached to an aromatic ring is 1. The molecule has 2 aromatic rings. The van der Waals surface area contributed by atoms with Gasteiger partial charge < -0.3 is 11.1 Å². The zero-order valence-corrected chi connectivity index (χ0v) is 11.9. The molecule has 1 aromatic heterocycles. The van der Waals surface area contributed by atoms with Crippen LogP contribution in [0.15, 0.2) is 35.5 Å². The Morgan fingerprint density at radius 3 is 3.00 bits per heavy atom. The van der Waals surface area contributed by atoms with Crippen LogP contribution in [0.2, 0.25) is 0 Å². The van der Waals surface area contributed by atoms with Crippen LogP contribution >= 0.6 is 11.8 Å². The van der Waals surface area contributed by atoms with Crippen LogP contribution in [0.3, 0.4) is 0 Å². The second-order valence-corrected chi connectivity index (χ2v) is 5.72. The maximum atomic E-state index is 13.8. The Labute approximate surface area is 125 Å². The maximum Gasteiger partial charge on any atom is 0.274 e. The number of thioether (sulfide) groups is 1. The first-order valence-electron chi connectivity index (χ1n) is 6.45. The van der Waals surface area contributed by atoms with Crippen molar-refractivity contribution in [3.05, 3.63) is 47.7 Å². The number of benzene rings is 1. The lowest BCUT2D eigenvalue weighted by Crippen LogP contribution is -2.32. The molecule has 0 saturated carbocycles. The number of carbonyl (C=O) groups is 1. The quantitative estimate of drug-likeness (QED) is 0.888. The molecule has 1 amide bonds. The molecule has 1 aromatic carbocycles. The minimum absolute atomic E-state index is 0.0830. The Morgan fingerprint density at radius 2 is 2.19 bits per heavy atom. The van der Waals surface area contributed by atoms with Gasteiger partial charge in [-0.2, -0.15) is 0 Å². The van der Waals surface area contributed by atoms with Crippen LogP contribution in [0, 0.1) is 5.82 Å². The molecule has 1 aliphatic heterocycles. The average Bonchev–Trinajstić information content (AvgIpc) is 2.49. The van der Waals surface area contributed by atoms with Crippen LogP contribution in [0.5, 0.6) is 0 Å². The summed E-state index contributed by atoms with van der Waals surface area (Å²) < 4.78 is 13.8. The van der Waals surface area contributed by atoms with Crippen molar-refractivity contribution in [3.63, 3.8) is 0 Å². The summed E-state index contributed by atoms with van der Waals surface area (Å²) in [6.07, 6.45) is 3.57. The molecule has 0 spiro atoms. The summed E-state index contributed by atoms with van der Waals surface area (Å²) in [5.74, 6) is 0.178. The van der Waals surface area contributed by atoms with Gasteiger partial charge in [-0.25, -0.2) is 14.4 Å². The Hall–Kier alpha value is -2.15. The van der Waals surface area contributed by atoms with E-state index in [4.69, 9.17) is 5.73 Å². The number of hydrogen-bond donors (Lipinski definition) is 2. The Morgan fingerprint density at radius 1 is 1.38 bits per heavy atom. The first-order chi connectivity index (χ1) is 10.2. The van der Waals surface area contributed by atoms with Gasteiger partial charge in [-0.15, -0.1) is 11.8 Å². The Bertz CT molecular complexity index is 694. The van der Waals surface area contributed by atoms with Gasteiger partial charge in [0.1, 0.15) is 5.82 Å². The fraction of sp³-hybridized carbons (Fsp3) is 0.214. The first-order valence-corrected chi connectivity index (χ1v) is 7.44. The van der Waals surface area contributed by atoms with Crippen molar-refractivity contribution >= 4 is 23.5 Å². The molecular weight excluding hydrogens is 291 g/mol. The average molecular weight is 304 g/mol. The van der Waals surface area contributed by atoms with Gasteiger partial charge >= 0.3 is 0 Å². The highest BCUT2D eigenvalue weighted by Crippen LogP contribution is 2.37. The van der Waals surface area contributed by atoms with E-state index in [1.54, 1.807) is 6.07 Å². The van der Waals surface area contributed by atoms with E-state index >= 15 is 0 Å². The lowest BCUT2D eigenvalue weighted by atomic mass is 10.0. The Balaban J connectivity index is 1.86. The van der Waals surface area contributed by atoms with Gasteiger partial charge in [0.15, 0.2) is 11.5 Å². The molecule has 3 rings (SSSR count). The highest BCUT2D eigenvalue weighted by molar-refractivity contribution is 7.99. The van der Waals surface area contributed by atoms with Gasteiger partial charge in [0.2, 0.25) is 0 Å². The third-order valence-electron chi connectivity index (χ3n) is 3.27. The van der Waals surface area contributed by atoms with E-state index in [1.165, 1.54) is 30.2 Å². The molecule has 0 bridgehead atoms. The van der Waals surface area contributed by atoms with Gasteiger partial charge in [0.25, 0.3) is 5.91 Å². The molecule has 0 fully saturated rings. The number of amides is 1. The highest BCUT2D eigenvalue weighted by Gasteiger charge is 2.25. The monoisotopic (exact) mass is 304 g/mol. The summed E-state index contributed by atoms with van der Waals surface area (Å²) in [5, 5.41) is 2.86. The van der Waals surface area contributed by atoms with Crippen LogP contribution in [-0.2, 0) is 0 Å². The van der Waals surface area contributed by atoms with E-state index < -0.39 is 5.91 Å². The molecule has 5 nitrogen and oxygen atoms in total. The van der Waals surface area contributed by atoms with E-state index in [1.807, 2.05) is 6.07 Å². The topological polar surface area (TPSA) is 80.9 Å². The van der Waals surface area contributed by atoms with Gasteiger partial charge in [0, 0.05) is 23.0 Å². The number of aromatic nitrogens is 2. The molecule has 0 unspecified atom stereocenters. The van der Waals surface area contributed by atoms with Gasteiger partial charge in [0.05, 0.1) is 6.04 Å². The first kappa shape index (κ1) is 13.8. The van der Waals surface area contributed by atoms with Crippen molar-refractivity contribution in [3.8, 4) is 0 Å². The number of nitrogens with one attached hydrogen (secondary N) is 1. The molecular formula is C14H13FN4OS. The maximum absolute atomic E-state index is 13.8. The molecule has 3 N–H and O–H groups in total. The number of carbonyl (C=O) groups excluding carboxylic acids is 1. The minimum atomic E-state index is -0.396. The number of rotatable bonds is 2. The van der Waals surface area contributed by atoms with Gasteiger partial charge in [-0.3, -0.25) is 4.79 Å². The fourth-order valence-electron chi connectivity index (χ4n) is 2.29. The smallest absolute Gasteiger partial charge is 0.274 e. The van der Waals surface area contributed by atoms with E-state index in [0.717, 1.165) is 17.7 Å². The van der Waals surface area contributed by atoms with Crippen LogP contribution in [-0.4, -0.2) is 21.6 Å². The summed E-state index contributed by atoms with van der Waals surface area (Å²) in [6.45, 7) is 0. The lowest BCUT2D eigenvalue weighted by Gasteiger charge is -2.26. The summed E-state index contributed by atoms with van der Waals surface area (Å²) in [7, 11) is 0. The standard InChI is InChI=1S/C14H13FN4OS/c15-9-3-1-2-8-10(4-7-21-12(8)9)19-14(20)11-13(16)18-6-5-17-11/h1-3,5-6,10H,4,7H2,(H2,16,18)(H,19,20)/t10-/m1/s1. The van der Waals surface area contributed by atoms with Crippen molar-refractivity contribution in [1.29, 1.82) is 0 Å². The molecule has 0 saturated heterocycles. The zero-order valence-electron chi connectivity index (χ0n) is 11.0. The predicted octanol–water partition coefficient (Wildman–Crippen LogP) is 2.16. The molecule has 0 aliphatic carbocycles. The number of fused-ring (bicyclic) bond motifs is 1. The third kappa shape index (κ3) is 2.69.